The molecule has 0 bridgehead atoms. The number of hydrogen-bond acceptors (Lipinski definition) is 6. The van der Waals surface area contributed by atoms with Gasteiger partial charge in [-0.3, -0.25) is 4.79 Å². The summed E-state index contributed by atoms with van der Waals surface area (Å²) in [5.41, 5.74) is 1.89. The minimum atomic E-state index is -3.30. The number of rotatable bonds is 7. The molecule has 0 aliphatic heterocycles. The van der Waals surface area contributed by atoms with Crippen molar-refractivity contribution >= 4 is 15.9 Å². The molecular weight excluding hydrogens is 332 g/mol. The Labute approximate surface area is 140 Å². The second kappa shape index (κ2) is 7.54. The van der Waals surface area contributed by atoms with E-state index in [1.165, 1.54) is 0 Å². The lowest BCUT2D eigenvalue weighted by atomic mass is 10.1. The lowest BCUT2D eigenvalue weighted by Gasteiger charge is -2.09. The van der Waals surface area contributed by atoms with Crippen LogP contribution in [0.1, 0.15) is 30.8 Å². The highest BCUT2D eigenvalue weighted by molar-refractivity contribution is 7.88. The van der Waals surface area contributed by atoms with Crippen molar-refractivity contribution in [1.82, 2.24) is 20.2 Å². The average Bonchev–Trinajstić information content (AvgIpc) is 2.96. The molecule has 0 fully saturated rings. The van der Waals surface area contributed by atoms with Gasteiger partial charge < -0.3 is 9.84 Å². The van der Waals surface area contributed by atoms with Crippen molar-refractivity contribution in [2.75, 3.05) is 12.8 Å². The Hall–Kier alpha value is -2.26. The normalized spacial score (nSPS) is 12.8. The van der Waals surface area contributed by atoms with Gasteiger partial charge in [0.25, 0.3) is 0 Å². The van der Waals surface area contributed by atoms with Gasteiger partial charge in [-0.1, -0.05) is 29.4 Å². The van der Waals surface area contributed by atoms with E-state index in [4.69, 9.17) is 4.52 Å². The van der Waals surface area contributed by atoms with Crippen LogP contribution in [0.25, 0.3) is 11.4 Å². The number of aryl methyl sites for hydroxylation is 1. The highest BCUT2D eigenvalue weighted by Crippen LogP contribution is 2.21. The van der Waals surface area contributed by atoms with Crippen LogP contribution in [-0.4, -0.2) is 37.3 Å². The second-order valence-electron chi connectivity index (χ2n) is 5.48. The van der Waals surface area contributed by atoms with Crippen molar-refractivity contribution in [3.63, 3.8) is 0 Å². The van der Waals surface area contributed by atoms with Gasteiger partial charge in [-0.2, -0.15) is 4.98 Å². The summed E-state index contributed by atoms with van der Waals surface area (Å²) in [6.07, 6.45) is 1.06. The van der Waals surface area contributed by atoms with Crippen LogP contribution in [0.15, 0.2) is 28.8 Å². The molecule has 1 heterocycles. The van der Waals surface area contributed by atoms with Crippen molar-refractivity contribution < 1.29 is 17.7 Å². The molecule has 1 aromatic heterocycles. The summed E-state index contributed by atoms with van der Waals surface area (Å²) in [7, 11) is -3.30. The van der Waals surface area contributed by atoms with Crippen molar-refractivity contribution in [2.45, 2.75) is 26.3 Å². The third-order valence-corrected chi connectivity index (χ3v) is 4.02. The van der Waals surface area contributed by atoms with Crippen LogP contribution in [0.5, 0.6) is 0 Å². The Morgan fingerprint density at radius 1 is 1.33 bits per heavy atom. The van der Waals surface area contributed by atoms with E-state index in [2.05, 4.69) is 20.2 Å². The number of hydrogen-bond donors (Lipinski definition) is 2. The molecule has 0 saturated carbocycles. The molecule has 0 unspecified atom stereocenters. The molecule has 130 valence electrons. The second-order valence-corrected chi connectivity index (χ2v) is 7.31. The van der Waals surface area contributed by atoms with E-state index in [9.17, 15) is 13.2 Å². The fourth-order valence-corrected chi connectivity index (χ4v) is 2.54. The van der Waals surface area contributed by atoms with Gasteiger partial charge in [0.05, 0.1) is 6.26 Å². The average molecular weight is 352 g/mol. The molecule has 24 heavy (non-hydrogen) atoms. The van der Waals surface area contributed by atoms with Crippen molar-refractivity contribution in [2.24, 2.45) is 0 Å². The molecule has 0 aliphatic carbocycles. The van der Waals surface area contributed by atoms with Gasteiger partial charge in [0, 0.05) is 18.5 Å². The molecule has 0 saturated heterocycles. The SMILES string of the molecule is Cc1ccccc1-c1noc([C@H](C)NC(=O)CCNS(C)(=O)=O)n1. The molecule has 1 amide bonds. The topological polar surface area (TPSA) is 114 Å². The van der Waals surface area contributed by atoms with Crippen LogP contribution >= 0.6 is 0 Å². The van der Waals surface area contributed by atoms with Gasteiger partial charge in [0.2, 0.25) is 27.6 Å². The quantitative estimate of drug-likeness (QED) is 0.773. The van der Waals surface area contributed by atoms with Gasteiger partial charge >= 0.3 is 0 Å². The van der Waals surface area contributed by atoms with E-state index in [1.807, 2.05) is 31.2 Å². The summed E-state index contributed by atoms with van der Waals surface area (Å²) in [6, 6.07) is 7.18. The van der Waals surface area contributed by atoms with E-state index in [1.54, 1.807) is 6.92 Å². The predicted octanol–water partition coefficient (Wildman–Crippen LogP) is 1.16. The van der Waals surface area contributed by atoms with Gasteiger partial charge in [-0.25, -0.2) is 13.1 Å². The summed E-state index contributed by atoms with van der Waals surface area (Å²) in [5, 5.41) is 6.63. The number of sulfonamides is 1. The fraction of sp³-hybridized carbons (Fsp3) is 0.400. The largest absolute Gasteiger partial charge is 0.345 e. The zero-order valence-electron chi connectivity index (χ0n) is 13.7. The Kier molecular flexibility index (Phi) is 5.68. The van der Waals surface area contributed by atoms with Crippen molar-refractivity contribution in [3.05, 3.63) is 35.7 Å². The summed E-state index contributed by atoms with van der Waals surface area (Å²) in [5.74, 6) is 0.440. The first-order chi connectivity index (χ1) is 11.3. The third kappa shape index (κ3) is 5.14. The van der Waals surface area contributed by atoms with Crippen LogP contribution in [0.3, 0.4) is 0 Å². The first kappa shape index (κ1) is 18.1. The number of carbonyl (C=O) groups excluding carboxylic acids is 1. The molecule has 8 nitrogen and oxygen atoms in total. The van der Waals surface area contributed by atoms with Gasteiger partial charge in [0.15, 0.2) is 0 Å². The van der Waals surface area contributed by atoms with Crippen molar-refractivity contribution in [1.29, 1.82) is 0 Å². The van der Waals surface area contributed by atoms with Crippen LogP contribution in [0, 0.1) is 6.92 Å². The first-order valence-electron chi connectivity index (χ1n) is 7.40. The maximum atomic E-state index is 11.8. The Morgan fingerprint density at radius 3 is 2.71 bits per heavy atom. The van der Waals surface area contributed by atoms with E-state index in [-0.39, 0.29) is 24.8 Å². The van der Waals surface area contributed by atoms with Crippen LogP contribution in [0.4, 0.5) is 0 Å². The number of benzene rings is 1. The van der Waals surface area contributed by atoms with Crippen LogP contribution < -0.4 is 10.0 Å². The highest BCUT2D eigenvalue weighted by Gasteiger charge is 2.18. The van der Waals surface area contributed by atoms with Gasteiger partial charge in [-0.15, -0.1) is 0 Å². The third-order valence-electron chi connectivity index (χ3n) is 3.29. The Bertz CT molecular complexity index is 816. The fourth-order valence-electron chi connectivity index (χ4n) is 2.07. The maximum absolute atomic E-state index is 11.8. The zero-order valence-corrected chi connectivity index (χ0v) is 14.6. The minimum absolute atomic E-state index is 0.0240. The lowest BCUT2D eigenvalue weighted by molar-refractivity contribution is -0.121. The first-order valence-corrected chi connectivity index (χ1v) is 9.29. The number of amides is 1. The number of nitrogens with zero attached hydrogens (tertiary/aromatic N) is 2. The number of aromatic nitrogens is 2. The summed E-state index contributed by atoms with van der Waals surface area (Å²) >= 11 is 0. The van der Waals surface area contributed by atoms with Crippen molar-refractivity contribution in [3.8, 4) is 11.4 Å². The van der Waals surface area contributed by atoms with Crippen LogP contribution in [0.2, 0.25) is 0 Å². The van der Waals surface area contributed by atoms with E-state index >= 15 is 0 Å². The smallest absolute Gasteiger partial charge is 0.249 e. The minimum Gasteiger partial charge on any atom is -0.345 e. The molecule has 0 spiro atoms. The molecule has 2 N–H and O–H groups in total. The molecule has 1 atom stereocenters. The number of carbonyl (C=O) groups is 1. The molecule has 2 rings (SSSR count). The van der Waals surface area contributed by atoms with E-state index in [0.717, 1.165) is 17.4 Å². The molecule has 9 heteroatoms. The molecule has 1 aromatic carbocycles. The van der Waals surface area contributed by atoms with Gasteiger partial charge in [0.1, 0.15) is 6.04 Å². The molecule has 0 aliphatic rings. The van der Waals surface area contributed by atoms with E-state index in [0.29, 0.717) is 5.82 Å². The molecular formula is C15H20N4O4S. The standard InChI is InChI=1S/C15H20N4O4S/c1-10-6-4-5-7-12(10)14-18-15(23-19-14)11(2)17-13(20)8-9-16-24(3,21)22/h4-7,11,16H,8-9H2,1-3H3,(H,17,20)/t11-/m0/s1. The summed E-state index contributed by atoms with van der Waals surface area (Å²) in [6.45, 7) is 3.71. The Balaban J connectivity index is 1.95. The zero-order chi connectivity index (χ0) is 17.7. The lowest BCUT2D eigenvalue weighted by Crippen LogP contribution is -2.31. The van der Waals surface area contributed by atoms with E-state index < -0.39 is 16.1 Å². The maximum Gasteiger partial charge on any atom is 0.249 e. The monoisotopic (exact) mass is 352 g/mol. The predicted molar refractivity (Wildman–Crippen MR) is 88.5 cm³/mol. The molecule has 0 radical (unpaired) electrons. The highest BCUT2D eigenvalue weighted by atomic mass is 32.2. The Morgan fingerprint density at radius 2 is 2.04 bits per heavy atom. The summed E-state index contributed by atoms with van der Waals surface area (Å²) < 4.78 is 29.4. The number of nitrogens with one attached hydrogen (secondary N) is 2. The van der Waals surface area contributed by atoms with Gasteiger partial charge in [-0.05, 0) is 19.4 Å². The molecule has 2 aromatic rings. The van der Waals surface area contributed by atoms with Crippen LogP contribution in [-0.2, 0) is 14.8 Å². The summed E-state index contributed by atoms with van der Waals surface area (Å²) in [4.78, 5) is 16.1.